The highest BCUT2D eigenvalue weighted by Crippen LogP contribution is 2.37. The normalized spacial score (nSPS) is 17.6. The number of benzene rings is 2. The number of nitrogens with one attached hydrogen (secondary N) is 1. The topological polar surface area (TPSA) is 68.6 Å². The van der Waals surface area contributed by atoms with Crippen LogP contribution in [0.3, 0.4) is 0 Å². The van der Waals surface area contributed by atoms with Crippen LogP contribution >= 0.6 is 0 Å². The van der Waals surface area contributed by atoms with Gasteiger partial charge in [-0.25, -0.2) is 0 Å². The van der Waals surface area contributed by atoms with Crippen molar-refractivity contribution >= 4 is 11.6 Å². The van der Waals surface area contributed by atoms with E-state index < -0.39 is 0 Å². The lowest BCUT2D eigenvalue weighted by Crippen LogP contribution is -2.42. The maximum Gasteiger partial charge on any atom is 0.258 e. The Hall–Kier alpha value is -3.48. The molecule has 1 amide bonds. The monoisotopic (exact) mass is 404 g/mol. The van der Waals surface area contributed by atoms with Crippen LogP contribution in [0.25, 0.3) is 0 Å². The highest BCUT2D eigenvalue weighted by Gasteiger charge is 2.34. The number of rotatable bonds is 3. The fourth-order valence-electron chi connectivity index (χ4n) is 3.80. The SMILES string of the molecule is CC(C)(C)n1cc(C2Nc3ccccc3C(=O)N2Cc2ccc3c(c2)OCO3)cn1. The van der Waals surface area contributed by atoms with Crippen molar-refractivity contribution < 1.29 is 14.3 Å². The minimum absolute atomic E-state index is 0.0180. The van der Waals surface area contributed by atoms with E-state index in [0.29, 0.717) is 17.9 Å². The lowest BCUT2D eigenvalue weighted by molar-refractivity contribution is 0.0666. The minimum atomic E-state index is -0.325. The average Bonchev–Trinajstić information content (AvgIpc) is 3.39. The van der Waals surface area contributed by atoms with E-state index in [1.165, 1.54) is 0 Å². The fourth-order valence-corrected chi connectivity index (χ4v) is 3.80. The lowest BCUT2D eigenvalue weighted by Gasteiger charge is -2.37. The summed E-state index contributed by atoms with van der Waals surface area (Å²) in [6.45, 7) is 6.96. The second-order valence-electron chi connectivity index (χ2n) is 8.60. The smallest absolute Gasteiger partial charge is 0.258 e. The molecule has 2 aromatic carbocycles. The van der Waals surface area contributed by atoms with Crippen LogP contribution in [-0.4, -0.2) is 27.4 Å². The zero-order valence-corrected chi connectivity index (χ0v) is 17.3. The first-order valence-electron chi connectivity index (χ1n) is 10.0. The molecule has 3 heterocycles. The van der Waals surface area contributed by atoms with Gasteiger partial charge in [-0.15, -0.1) is 0 Å². The van der Waals surface area contributed by atoms with Gasteiger partial charge < -0.3 is 19.7 Å². The molecule has 2 aliphatic rings. The van der Waals surface area contributed by atoms with Crippen molar-refractivity contribution in [1.29, 1.82) is 0 Å². The number of hydrogen-bond donors (Lipinski definition) is 1. The molecular formula is C23H24N4O3. The third-order valence-electron chi connectivity index (χ3n) is 5.42. The largest absolute Gasteiger partial charge is 0.454 e. The molecule has 1 atom stereocenters. The molecule has 3 aromatic rings. The highest BCUT2D eigenvalue weighted by atomic mass is 16.7. The van der Waals surface area contributed by atoms with E-state index in [4.69, 9.17) is 9.47 Å². The van der Waals surface area contributed by atoms with Gasteiger partial charge >= 0.3 is 0 Å². The van der Waals surface area contributed by atoms with Crippen molar-refractivity contribution in [2.75, 3.05) is 12.1 Å². The van der Waals surface area contributed by atoms with E-state index in [1.807, 2.05) is 64.4 Å². The first kappa shape index (κ1) is 18.5. The zero-order valence-electron chi connectivity index (χ0n) is 17.3. The van der Waals surface area contributed by atoms with E-state index in [0.717, 1.165) is 22.6 Å². The van der Waals surface area contributed by atoms with Gasteiger partial charge in [0.25, 0.3) is 5.91 Å². The summed E-state index contributed by atoms with van der Waals surface area (Å²) in [7, 11) is 0. The summed E-state index contributed by atoms with van der Waals surface area (Å²) in [6.07, 6.45) is 3.51. The molecule has 7 nitrogen and oxygen atoms in total. The third-order valence-corrected chi connectivity index (χ3v) is 5.42. The third kappa shape index (κ3) is 3.16. The number of nitrogens with zero attached hydrogens (tertiary/aromatic N) is 3. The van der Waals surface area contributed by atoms with Gasteiger partial charge in [0.05, 0.1) is 17.3 Å². The van der Waals surface area contributed by atoms with Crippen LogP contribution in [0.15, 0.2) is 54.9 Å². The predicted molar refractivity (Wildman–Crippen MR) is 112 cm³/mol. The maximum atomic E-state index is 13.4. The van der Waals surface area contributed by atoms with E-state index in [9.17, 15) is 4.79 Å². The molecule has 30 heavy (non-hydrogen) atoms. The molecule has 1 aromatic heterocycles. The highest BCUT2D eigenvalue weighted by molar-refractivity contribution is 6.01. The fraction of sp³-hybridized carbons (Fsp3) is 0.304. The summed E-state index contributed by atoms with van der Waals surface area (Å²) in [5, 5.41) is 8.06. The molecule has 0 aliphatic carbocycles. The molecule has 5 rings (SSSR count). The second kappa shape index (κ2) is 6.79. The Morgan fingerprint density at radius 3 is 2.73 bits per heavy atom. The predicted octanol–water partition coefficient (Wildman–Crippen LogP) is 4.13. The summed E-state index contributed by atoms with van der Waals surface area (Å²) in [4.78, 5) is 15.3. The Morgan fingerprint density at radius 1 is 1.13 bits per heavy atom. The first-order chi connectivity index (χ1) is 14.4. The van der Waals surface area contributed by atoms with Crippen molar-refractivity contribution in [2.45, 2.75) is 39.0 Å². The van der Waals surface area contributed by atoms with Gasteiger partial charge in [0.2, 0.25) is 6.79 Å². The number of carbonyl (C=O) groups excluding carboxylic acids is 1. The molecule has 7 heteroatoms. The van der Waals surface area contributed by atoms with Gasteiger partial charge in [-0.05, 0) is 50.6 Å². The second-order valence-corrected chi connectivity index (χ2v) is 8.60. The number of aromatic nitrogens is 2. The maximum absolute atomic E-state index is 13.4. The van der Waals surface area contributed by atoms with Crippen LogP contribution in [0, 0.1) is 0 Å². The Morgan fingerprint density at radius 2 is 1.93 bits per heavy atom. The number of anilines is 1. The molecule has 0 bridgehead atoms. The molecule has 0 saturated heterocycles. The summed E-state index contributed by atoms with van der Waals surface area (Å²) in [5.41, 5.74) is 3.27. The van der Waals surface area contributed by atoms with Gasteiger partial charge in [-0.2, -0.15) is 5.10 Å². The molecule has 0 saturated carbocycles. The van der Waals surface area contributed by atoms with Crippen molar-refractivity contribution in [3.63, 3.8) is 0 Å². The molecule has 1 unspecified atom stereocenters. The standard InChI is InChI=1S/C23H24N4O3/c1-23(2,3)27-13-16(11-24-27)21-25-18-7-5-4-6-17(18)22(28)26(21)12-15-8-9-19-20(10-15)30-14-29-19/h4-11,13,21,25H,12,14H2,1-3H3. The van der Waals surface area contributed by atoms with Gasteiger partial charge in [0.15, 0.2) is 11.5 Å². The van der Waals surface area contributed by atoms with Gasteiger partial charge in [-0.1, -0.05) is 18.2 Å². The molecule has 154 valence electrons. The van der Waals surface area contributed by atoms with Crippen molar-refractivity contribution in [3.05, 3.63) is 71.5 Å². The molecular weight excluding hydrogens is 380 g/mol. The summed E-state index contributed by atoms with van der Waals surface area (Å²) < 4.78 is 12.8. The van der Waals surface area contributed by atoms with Crippen LogP contribution in [-0.2, 0) is 12.1 Å². The van der Waals surface area contributed by atoms with Crippen LogP contribution in [0.4, 0.5) is 5.69 Å². The minimum Gasteiger partial charge on any atom is -0.454 e. The van der Waals surface area contributed by atoms with Gasteiger partial charge in [0.1, 0.15) is 6.17 Å². The molecule has 0 spiro atoms. The Kier molecular flexibility index (Phi) is 4.20. The van der Waals surface area contributed by atoms with Crippen molar-refractivity contribution in [2.24, 2.45) is 0 Å². The Labute approximate surface area is 175 Å². The lowest BCUT2D eigenvalue weighted by atomic mass is 10.0. The van der Waals surface area contributed by atoms with Crippen LogP contribution in [0.1, 0.15) is 48.4 Å². The van der Waals surface area contributed by atoms with Crippen LogP contribution < -0.4 is 14.8 Å². The van der Waals surface area contributed by atoms with Crippen molar-refractivity contribution in [1.82, 2.24) is 14.7 Å². The number of para-hydroxylation sites is 1. The number of hydrogen-bond acceptors (Lipinski definition) is 5. The zero-order chi connectivity index (χ0) is 20.9. The number of fused-ring (bicyclic) bond motifs is 2. The molecule has 0 fully saturated rings. The molecule has 2 aliphatic heterocycles. The Balaban J connectivity index is 1.53. The average molecular weight is 404 g/mol. The summed E-state index contributed by atoms with van der Waals surface area (Å²) in [5.74, 6) is 1.42. The Bertz CT molecular complexity index is 1120. The van der Waals surface area contributed by atoms with E-state index in [1.54, 1.807) is 0 Å². The van der Waals surface area contributed by atoms with Crippen molar-refractivity contribution in [3.8, 4) is 11.5 Å². The first-order valence-corrected chi connectivity index (χ1v) is 10.0. The number of carbonyl (C=O) groups is 1. The molecule has 0 radical (unpaired) electrons. The number of ether oxygens (including phenoxy) is 2. The van der Waals surface area contributed by atoms with E-state index in [-0.39, 0.29) is 24.4 Å². The van der Waals surface area contributed by atoms with Crippen LogP contribution in [0.5, 0.6) is 11.5 Å². The van der Waals surface area contributed by atoms with E-state index >= 15 is 0 Å². The summed E-state index contributed by atoms with van der Waals surface area (Å²) >= 11 is 0. The van der Waals surface area contributed by atoms with Crippen LogP contribution in [0.2, 0.25) is 0 Å². The van der Waals surface area contributed by atoms with E-state index in [2.05, 4.69) is 31.2 Å². The summed E-state index contributed by atoms with van der Waals surface area (Å²) in [6, 6.07) is 13.4. The molecule has 1 N–H and O–H groups in total. The van der Waals surface area contributed by atoms with Gasteiger partial charge in [0, 0.05) is 24.0 Å². The van der Waals surface area contributed by atoms with Gasteiger partial charge in [-0.3, -0.25) is 9.48 Å². The number of amides is 1. The quantitative estimate of drug-likeness (QED) is 0.711.